The molecular formula is C24H20FN5O3. The van der Waals surface area contributed by atoms with Gasteiger partial charge in [-0.2, -0.15) is 0 Å². The molecule has 0 radical (unpaired) electrons. The van der Waals surface area contributed by atoms with Gasteiger partial charge >= 0.3 is 5.97 Å². The number of aromatic amines is 1. The first kappa shape index (κ1) is 20.6. The van der Waals surface area contributed by atoms with Gasteiger partial charge in [-0.1, -0.05) is 18.2 Å². The third kappa shape index (κ3) is 3.38. The minimum atomic E-state index is -0.930. The van der Waals surface area contributed by atoms with Gasteiger partial charge in [0.15, 0.2) is 5.82 Å². The molecule has 5 aromatic rings. The minimum Gasteiger partial charge on any atom is -0.507 e. The van der Waals surface area contributed by atoms with Crippen molar-refractivity contribution in [2.75, 3.05) is 0 Å². The molecule has 3 N–H and O–H groups in total. The van der Waals surface area contributed by atoms with Crippen molar-refractivity contribution in [2.45, 2.75) is 19.9 Å². The topological polar surface area (TPSA) is 117 Å². The Kier molecular flexibility index (Phi) is 4.81. The van der Waals surface area contributed by atoms with Crippen LogP contribution < -0.4 is 0 Å². The number of nitrogens with zero attached hydrogens (tertiary/aromatic N) is 4. The standard InChI is InChI=1S/C24H20FN5O3/c1-12(24(32)33)13(2)30-11-19(15-5-3-4-6-20(15)31)18-10-28-22(29-23(18)30)17-9-27-21-16(17)7-14(25)8-26-21/h3-13,31H,1-2H3,(H,26,27)(H,32,33)/t12-,13-/m1/s1. The molecule has 2 atom stereocenters. The average molecular weight is 445 g/mol. The van der Waals surface area contributed by atoms with Crippen LogP contribution >= 0.6 is 0 Å². The van der Waals surface area contributed by atoms with Crippen molar-refractivity contribution < 1.29 is 19.4 Å². The molecule has 0 saturated carbocycles. The fourth-order valence-electron chi connectivity index (χ4n) is 4.00. The van der Waals surface area contributed by atoms with E-state index in [2.05, 4.69) is 15.0 Å². The third-order valence-corrected chi connectivity index (χ3v) is 6.06. The number of carbonyl (C=O) groups is 1. The number of fused-ring (bicyclic) bond motifs is 2. The average Bonchev–Trinajstić information content (AvgIpc) is 3.39. The number of para-hydroxylation sites is 1. The predicted molar refractivity (Wildman–Crippen MR) is 121 cm³/mol. The number of benzene rings is 1. The van der Waals surface area contributed by atoms with Gasteiger partial charge in [0, 0.05) is 52.1 Å². The highest BCUT2D eigenvalue weighted by molar-refractivity contribution is 5.97. The van der Waals surface area contributed by atoms with Crippen LogP contribution in [0.2, 0.25) is 0 Å². The molecule has 0 fully saturated rings. The maximum absolute atomic E-state index is 13.8. The predicted octanol–water partition coefficient (Wildman–Crippen LogP) is 4.77. The van der Waals surface area contributed by atoms with Crippen LogP contribution in [0.25, 0.3) is 44.6 Å². The number of carboxylic acids is 1. The summed E-state index contributed by atoms with van der Waals surface area (Å²) in [5.74, 6) is -1.65. The summed E-state index contributed by atoms with van der Waals surface area (Å²) in [5, 5.41) is 21.2. The van der Waals surface area contributed by atoms with Gasteiger partial charge in [0.1, 0.15) is 22.9 Å². The van der Waals surface area contributed by atoms with E-state index in [0.29, 0.717) is 44.6 Å². The van der Waals surface area contributed by atoms with Crippen molar-refractivity contribution >= 4 is 28.0 Å². The Morgan fingerprint density at radius 1 is 1.09 bits per heavy atom. The molecular weight excluding hydrogens is 425 g/mol. The number of H-pyrrole nitrogens is 1. The molecule has 0 aliphatic carbocycles. The highest BCUT2D eigenvalue weighted by atomic mass is 19.1. The Balaban J connectivity index is 1.76. The van der Waals surface area contributed by atoms with E-state index in [1.165, 1.54) is 6.07 Å². The lowest BCUT2D eigenvalue weighted by molar-refractivity contribution is -0.142. The number of carboxylic acid groups (broad SMARTS) is 1. The summed E-state index contributed by atoms with van der Waals surface area (Å²) in [7, 11) is 0. The number of rotatable bonds is 5. The Hall–Kier alpha value is -4.27. The second kappa shape index (κ2) is 7.70. The highest BCUT2D eigenvalue weighted by Gasteiger charge is 2.25. The number of hydrogen-bond acceptors (Lipinski definition) is 5. The van der Waals surface area contributed by atoms with E-state index in [1.54, 1.807) is 55.2 Å². The molecule has 0 aliphatic rings. The Morgan fingerprint density at radius 3 is 2.64 bits per heavy atom. The molecule has 1 aromatic carbocycles. The SMILES string of the molecule is C[C@H]([C@@H](C)C(=O)O)n1cc(-c2ccccc2O)c2cnc(-c3c[nH]c4ncc(F)cc34)nc21. The van der Waals surface area contributed by atoms with Gasteiger partial charge in [-0.25, -0.2) is 19.3 Å². The molecule has 0 amide bonds. The van der Waals surface area contributed by atoms with Crippen LogP contribution in [0.5, 0.6) is 5.75 Å². The van der Waals surface area contributed by atoms with Crippen LogP contribution in [-0.4, -0.2) is 40.7 Å². The summed E-state index contributed by atoms with van der Waals surface area (Å²) >= 11 is 0. The van der Waals surface area contributed by atoms with Gasteiger partial charge < -0.3 is 19.8 Å². The van der Waals surface area contributed by atoms with Gasteiger partial charge in [-0.15, -0.1) is 0 Å². The first-order chi connectivity index (χ1) is 15.8. The molecule has 4 heterocycles. The molecule has 166 valence electrons. The lowest BCUT2D eigenvalue weighted by Crippen LogP contribution is -2.21. The van der Waals surface area contributed by atoms with Crippen molar-refractivity contribution in [1.82, 2.24) is 24.5 Å². The zero-order valence-electron chi connectivity index (χ0n) is 17.8. The van der Waals surface area contributed by atoms with E-state index in [4.69, 9.17) is 4.98 Å². The van der Waals surface area contributed by atoms with Crippen molar-refractivity contribution in [3.8, 4) is 28.3 Å². The number of hydrogen-bond donors (Lipinski definition) is 3. The molecule has 0 aliphatic heterocycles. The molecule has 4 aromatic heterocycles. The van der Waals surface area contributed by atoms with E-state index >= 15 is 0 Å². The van der Waals surface area contributed by atoms with Crippen molar-refractivity contribution in [1.29, 1.82) is 0 Å². The molecule has 9 heteroatoms. The summed E-state index contributed by atoms with van der Waals surface area (Å²) in [6.45, 7) is 3.44. The maximum Gasteiger partial charge on any atom is 0.308 e. The lowest BCUT2D eigenvalue weighted by atomic mass is 10.0. The summed E-state index contributed by atoms with van der Waals surface area (Å²) in [6.07, 6.45) is 6.22. The van der Waals surface area contributed by atoms with E-state index in [1.807, 2.05) is 6.07 Å². The molecule has 0 saturated heterocycles. The van der Waals surface area contributed by atoms with Gasteiger partial charge in [0.05, 0.1) is 12.1 Å². The van der Waals surface area contributed by atoms with Gasteiger partial charge in [-0.05, 0) is 26.0 Å². The molecule has 0 spiro atoms. The number of aromatic hydroxyl groups is 1. The number of aromatic nitrogens is 5. The van der Waals surface area contributed by atoms with E-state index in [9.17, 15) is 19.4 Å². The second-order valence-corrected chi connectivity index (χ2v) is 8.02. The summed E-state index contributed by atoms with van der Waals surface area (Å²) < 4.78 is 15.6. The molecule has 8 nitrogen and oxygen atoms in total. The summed E-state index contributed by atoms with van der Waals surface area (Å²) in [4.78, 5) is 28.0. The van der Waals surface area contributed by atoms with Crippen LogP contribution in [0.1, 0.15) is 19.9 Å². The van der Waals surface area contributed by atoms with E-state index in [0.717, 1.165) is 6.20 Å². The molecule has 0 unspecified atom stereocenters. The first-order valence-corrected chi connectivity index (χ1v) is 10.4. The monoisotopic (exact) mass is 445 g/mol. The molecule has 5 rings (SSSR count). The second-order valence-electron chi connectivity index (χ2n) is 8.02. The molecule has 0 bridgehead atoms. The van der Waals surface area contributed by atoms with Crippen LogP contribution in [0.4, 0.5) is 4.39 Å². The summed E-state index contributed by atoms with van der Waals surface area (Å²) in [6, 6.07) is 7.83. The fourth-order valence-corrected chi connectivity index (χ4v) is 4.00. The smallest absolute Gasteiger partial charge is 0.308 e. The Labute approximate surface area is 187 Å². The third-order valence-electron chi connectivity index (χ3n) is 6.06. The number of pyridine rings is 1. The van der Waals surface area contributed by atoms with Crippen LogP contribution in [-0.2, 0) is 4.79 Å². The summed E-state index contributed by atoms with van der Waals surface area (Å²) in [5.41, 5.74) is 2.87. The zero-order chi connectivity index (χ0) is 23.3. The van der Waals surface area contributed by atoms with Gasteiger partial charge in [0.2, 0.25) is 0 Å². The van der Waals surface area contributed by atoms with E-state index in [-0.39, 0.29) is 5.75 Å². The number of phenolic OH excluding ortho intramolecular Hbond substituents is 1. The molecule has 33 heavy (non-hydrogen) atoms. The van der Waals surface area contributed by atoms with Gasteiger partial charge in [-0.3, -0.25) is 4.79 Å². The van der Waals surface area contributed by atoms with Crippen LogP contribution in [0.15, 0.2) is 55.1 Å². The largest absolute Gasteiger partial charge is 0.507 e. The highest BCUT2D eigenvalue weighted by Crippen LogP contribution is 2.38. The number of phenols is 1. The number of aliphatic carboxylic acids is 1. The lowest BCUT2D eigenvalue weighted by Gasteiger charge is -2.18. The Morgan fingerprint density at radius 2 is 1.88 bits per heavy atom. The first-order valence-electron chi connectivity index (χ1n) is 10.4. The van der Waals surface area contributed by atoms with Crippen molar-refractivity contribution in [2.24, 2.45) is 5.92 Å². The van der Waals surface area contributed by atoms with Gasteiger partial charge in [0.25, 0.3) is 0 Å². The number of nitrogens with one attached hydrogen (secondary N) is 1. The van der Waals surface area contributed by atoms with Crippen molar-refractivity contribution in [3.63, 3.8) is 0 Å². The normalized spacial score (nSPS) is 13.4. The van der Waals surface area contributed by atoms with Crippen LogP contribution in [0.3, 0.4) is 0 Å². The van der Waals surface area contributed by atoms with Crippen LogP contribution in [0, 0.1) is 11.7 Å². The maximum atomic E-state index is 13.8. The zero-order valence-corrected chi connectivity index (χ0v) is 17.8. The Bertz CT molecular complexity index is 1520. The van der Waals surface area contributed by atoms with Crippen molar-refractivity contribution in [3.05, 3.63) is 60.9 Å². The quantitative estimate of drug-likeness (QED) is 0.359. The van der Waals surface area contributed by atoms with E-state index < -0.39 is 23.7 Å². The fraction of sp³-hybridized carbons (Fsp3) is 0.167. The number of halogens is 1. The minimum absolute atomic E-state index is 0.0951.